The summed E-state index contributed by atoms with van der Waals surface area (Å²) < 4.78 is 0. The van der Waals surface area contributed by atoms with Gasteiger partial charge in [0.05, 0.1) is 0 Å². The lowest BCUT2D eigenvalue weighted by molar-refractivity contribution is -0.392. The molecule has 6 nitrogen and oxygen atoms in total. The topological polar surface area (TPSA) is 95.6 Å². The van der Waals surface area contributed by atoms with Gasteiger partial charge in [-0.3, -0.25) is 0 Å². The molecule has 0 fully saturated rings. The highest BCUT2D eigenvalue weighted by Gasteiger charge is 2.17. The molecule has 1 aromatic rings. The Bertz CT molecular complexity index is 338. The first-order valence-electron chi connectivity index (χ1n) is 2.48. The molecule has 0 aliphatic rings. The van der Waals surface area contributed by atoms with Crippen molar-refractivity contribution in [3.8, 4) is 6.07 Å². The third-order valence-electron chi connectivity index (χ3n) is 1.01. The van der Waals surface area contributed by atoms with Crippen molar-refractivity contribution < 1.29 is 4.92 Å². The summed E-state index contributed by atoms with van der Waals surface area (Å²) in [6.07, 6.45) is 0. The summed E-state index contributed by atoms with van der Waals surface area (Å²) in [5, 5.41) is 23.9. The average Bonchev–Trinajstić information content (AvgIpc) is 2.30. The number of thiol groups is 1. The Morgan fingerprint density at radius 3 is 2.73 bits per heavy atom. The Morgan fingerprint density at radius 1 is 1.82 bits per heavy atom. The molecule has 1 heterocycles. The molecule has 1 N–H and O–H groups in total. The van der Waals surface area contributed by atoms with E-state index in [1.54, 1.807) is 6.07 Å². The van der Waals surface area contributed by atoms with E-state index in [4.69, 9.17) is 5.26 Å². The van der Waals surface area contributed by atoms with Crippen molar-refractivity contribution in [3.05, 3.63) is 15.8 Å². The first-order valence-corrected chi connectivity index (χ1v) is 2.93. The van der Waals surface area contributed by atoms with Crippen LogP contribution < -0.4 is 0 Å². The summed E-state index contributed by atoms with van der Waals surface area (Å²) in [6.45, 7) is 0. The molecule has 0 saturated carbocycles. The van der Waals surface area contributed by atoms with Gasteiger partial charge in [0.2, 0.25) is 5.69 Å². The summed E-state index contributed by atoms with van der Waals surface area (Å²) in [5.41, 5.74) is -0.0694. The molecule has 0 unspecified atom stereocenters. The van der Waals surface area contributed by atoms with Crippen molar-refractivity contribution in [2.75, 3.05) is 0 Å². The van der Waals surface area contributed by atoms with Crippen molar-refractivity contribution in [2.45, 2.75) is 4.90 Å². The van der Waals surface area contributed by atoms with Crippen LogP contribution in [0.15, 0.2) is 4.90 Å². The first kappa shape index (κ1) is 7.56. The molecule has 11 heavy (non-hydrogen) atoms. The van der Waals surface area contributed by atoms with Gasteiger partial charge in [-0.2, -0.15) is 5.26 Å². The number of nitrogens with one attached hydrogen (secondary N) is 1. The molecular weight excluding hydrogens is 168 g/mol. The van der Waals surface area contributed by atoms with Crippen LogP contribution in [0.4, 0.5) is 5.82 Å². The van der Waals surface area contributed by atoms with Gasteiger partial charge in [-0.15, -0.1) is 17.7 Å². The highest BCUT2D eigenvalue weighted by molar-refractivity contribution is 7.80. The quantitative estimate of drug-likeness (QED) is 0.364. The van der Waals surface area contributed by atoms with E-state index in [9.17, 15) is 10.1 Å². The van der Waals surface area contributed by atoms with Crippen molar-refractivity contribution in [2.24, 2.45) is 0 Å². The van der Waals surface area contributed by atoms with E-state index in [-0.39, 0.29) is 16.4 Å². The molecule has 0 saturated heterocycles. The smallest absolute Gasteiger partial charge is 0.357 e. The van der Waals surface area contributed by atoms with Crippen LogP contribution in [0.5, 0.6) is 0 Å². The van der Waals surface area contributed by atoms with Crippen molar-refractivity contribution in [3.63, 3.8) is 0 Å². The van der Waals surface area contributed by atoms with E-state index in [2.05, 4.69) is 22.8 Å². The Morgan fingerprint density at radius 2 is 2.45 bits per heavy atom. The number of hydrogen-bond donors (Lipinski definition) is 2. The molecule has 1 aromatic heterocycles. The number of H-pyrrole nitrogens is 1. The van der Waals surface area contributed by atoms with Crippen molar-refractivity contribution in [1.82, 2.24) is 10.2 Å². The van der Waals surface area contributed by atoms with E-state index < -0.39 is 4.92 Å². The zero-order valence-corrected chi connectivity index (χ0v) is 6.00. The number of aromatic amines is 1. The predicted molar refractivity (Wildman–Crippen MR) is 37.2 cm³/mol. The minimum atomic E-state index is -0.684. The second kappa shape index (κ2) is 2.59. The van der Waals surface area contributed by atoms with Crippen molar-refractivity contribution >= 4 is 18.4 Å². The molecule has 0 radical (unpaired) electrons. The third-order valence-corrected chi connectivity index (χ3v) is 1.43. The zero-order valence-electron chi connectivity index (χ0n) is 5.11. The predicted octanol–water partition coefficient (Wildman–Crippen LogP) is 0.478. The zero-order chi connectivity index (χ0) is 8.43. The molecule has 1 rings (SSSR count). The van der Waals surface area contributed by atoms with Crippen LogP contribution in [0.2, 0.25) is 0 Å². The van der Waals surface area contributed by atoms with Gasteiger partial charge in [-0.25, -0.2) is 0 Å². The van der Waals surface area contributed by atoms with Crippen LogP contribution in [0.3, 0.4) is 0 Å². The lowest BCUT2D eigenvalue weighted by Gasteiger charge is -1.87. The number of nitrogens with zero attached hydrogens (tertiary/aromatic N) is 3. The van der Waals surface area contributed by atoms with Crippen LogP contribution in [0.25, 0.3) is 0 Å². The Labute approximate surface area is 66.4 Å². The van der Waals surface area contributed by atoms with Gasteiger partial charge in [-0.05, 0) is 4.92 Å². The fraction of sp³-hybridized carbons (Fsp3) is 0. The average molecular weight is 170 g/mol. The summed E-state index contributed by atoms with van der Waals surface area (Å²) >= 11 is 3.72. The maximum Gasteiger partial charge on any atom is 0.357 e. The number of hydrogen-bond acceptors (Lipinski definition) is 5. The maximum atomic E-state index is 10.1. The van der Waals surface area contributed by atoms with Crippen LogP contribution in [-0.2, 0) is 0 Å². The second-order valence-corrected chi connectivity index (χ2v) is 2.09. The normalized spacial score (nSPS) is 9.09. The van der Waals surface area contributed by atoms with E-state index in [0.717, 1.165) is 0 Å². The van der Waals surface area contributed by atoms with Gasteiger partial charge in [0, 0.05) is 0 Å². The SMILES string of the molecule is N#Cc1n[nH]c([N+](=O)[O-])c1S. The Hall–Kier alpha value is -1.55. The minimum Gasteiger partial charge on any atom is -0.358 e. The van der Waals surface area contributed by atoms with Gasteiger partial charge < -0.3 is 10.1 Å². The Kier molecular flexibility index (Phi) is 1.78. The Balaban J connectivity index is 3.24. The van der Waals surface area contributed by atoms with Crippen LogP contribution in [-0.4, -0.2) is 15.1 Å². The van der Waals surface area contributed by atoms with E-state index in [0.29, 0.717) is 0 Å². The van der Waals surface area contributed by atoms with Crippen molar-refractivity contribution in [1.29, 1.82) is 5.26 Å². The summed E-state index contributed by atoms with van der Waals surface area (Å²) in [4.78, 5) is 9.41. The fourth-order valence-corrected chi connectivity index (χ4v) is 0.764. The van der Waals surface area contributed by atoms with Crippen LogP contribution >= 0.6 is 12.6 Å². The molecule has 0 atom stereocenters. The molecule has 0 aliphatic carbocycles. The maximum absolute atomic E-state index is 10.1. The first-order chi connectivity index (χ1) is 5.16. The summed E-state index contributed by atoms with van der Waals surface area (Å²) in [7, 11) is 0. The largest absolute Gasteiger partial charge is 0.358 e. The fourth-order valence-electron chi connectivity index (χ4n) is 0.532. The molecule has 0 bridgehead atoms. The van der Waals surface area contributed by atoms with E-state index in [1.807, 2.05) is 0 Å². The highest BCUT2D eigenvalue weighted by Crippen LogP contribution is 2.21. The monoisotopic (exact) mass is 170 g/mol. The minimum absolute atomic E-state index is 0.0301. The van der Waals surface area contributed by atoms with E-state index in [1.165, 1.54) is 0 Å². The van der Waals surface area contributed by atoms with Gasteiger partial charge in [0.1, 0.15) is 11.0 Å². The standard InChI is InChI=1S/C4H2N4O2S/c5-1-2-3(11)4(7-6-2)8(9)10/h11H,(H,6,7). The number of nitro groups is 1. The number of rotatable bonds is 1. The molecular formula is C4H2N4O2S. The lowest BCUT2D eigenvalue weighted by Crippen LogP contribution is -1.88. The summed E-state index contributed by atoms with van der Waals surface area (Å²) in [5.74, 6) is -0.357. The van der Waals surface area contributed by atoms with Crippen LogP contribution in [0, 0.1) is 21.4 Å². The second-order valence-electron chi connectivity index (χ2n) is 1.64. The highest BCUT2D eigenvalue weighted by atomic mass is 32.1. The molecule has 0 spiro atoms. The molecule has 0 aromatic carbocycles. The van der Waals surface area contributed by atoms with Gasteiger partial charge >= 0.3 is 5.82 Å². The van der Waals surface area contributed by atoms with Crippen LogP contribution in [0.1, 0.15) is 5.69 Å². The van der Waals surface area contributed by atoms with Gasteiger partial charge in [0.25, 0.3) is 0 Å². The summed E-state index contributed by atoms with van der Waals surface area (Å²) in [6, 6.07) is 1.65. The number of nitriles is 1. The molecule has 56 valence electrons. The number of aromatic nitrogens is 2. The molecule has 0 aliphatic heterocycles. The van der Waals surface area contributed by atoms with Gasteiger partial charge in [-0.1, -0.05) is 5.10 Å². The molecule has 7 heteroatoms. The third kappa shape index (κ3) is 1.15. The lowest BCUT2D eigenvalue weighted by atomic mass is 10.4. The molecule has 0 amide bonds. The van der Waals surface area contributed by atoms with E-state index >= 15 is 0 Å². The van der Waals surface area contributed by atoms with Gasteiger partial charge in [0.15, 0.2) is 0 Å².